The largest absolute Gasteiger partial charge is 0.434 e. The topological polar surface area (TPSA) is 76.8 Å². The van der Waals surface area contributed by atoms with E-state index in [9.17, 15) is 8.78 Å². The molecule has 1 aliphatic heterocycles. The van der Waals surface area contributed by atoms with Gasteiger partial charge in [0.1, 0.15) is 17.1 Å². The van der Waals surface area contributed by atoms with Crippen LogP contribution in [0.3, 0.4) is 0 Å². The number of halogens is 2. The monoisotopic (exact) mass is 413 g/mol. The molecule has 10 heteroatoms. The van der Waals surface area contributed by atoms with E-state index >= 15 is 0 Å². The number of likely N-dealkylation sites (N-methyl/N-ethyl adjacent to an activating group) is 1. The number of alkyl halides is 2. The van der Waals surface area contributed by atoms with Crippen LogP contribution < -0.4 is 4.74 Å². The van der Waals surface area contributed by atoms with Crippen molar-refractivity contribution in [2.45, 2.75) is 32.0 Å². The van der Waals surface area contributed by atoms with Crippen LogP contribution in [-0.4, -0.2) is 60.9 Å². The Morgan fingerprint density at radius 3 is 2.97 bits per heavy atom. The fourth-order valence-electron chi connectivity index (χ4n) is 4.05. The Labute approximate surface area is 171 Å². The Hall–Kier alpha value is -3.27. The molecule has 0 bridgehead atoms. The molecule has 5 rings (SSSR count). The maximum atomic E-state index is 13.1. The third-order valence-corrected chi connectivity index (χ3v) is 5.57. The minimum Gasteiger partial charge on any atom is -0.434 e. The minimum atomic E-state index is -2.95. The maximum Gasteiger partial charge on any atom is 0.387 e. The standard InChI is InChI=1S/C20H21F2N7O/c1-27-6-2-4-14(27)11-28-12-17(29-7-3-5-24-29)19(26-28)15-8-13-10-23-25-16(13)9-18(15)30-20(21)22/h3,5,7-10,12,14,20H,2,4,6,11H2,1H3,(H,23,25)/t14-/m1/s1. The summed E-state index contributed by atoms with van der Waals surface area (Å²) in [6.45, 7) is -1.18. The summed E-state index contributed by atoms with van der Waals surface area (Å²) in [6.07, 6.45) is 9.27. The molecule has 0 unspecified atom stereocenters. The van der Waals surface area contributed by atoms with Crippen molar-refractivity contribution in [2.24, 2.45) is 0 Å². The molecule has 8 nitrogen and oxygen atoms in total. The zero-order valence-corrected chi connectivity index (χ0v) is 16.4. The molecule has 1 aromatic carbocycles. The molecule has 4 aromatic rings. The van der Waals surface area contributed by atoms with Crippen molar-refractivity contribution < 1.29 is 13.5 Å². The fraction of sp³-hybridized carbons (Fsp3) is 0.350. The van der Waals surface area contributed by atoms with Crippen molar-refractivity contribution in [1.82, 2.24) is 34.7 Å². The molecule has 4 heterocycles. The lowest BCUT2D eigenvalue weighted by Gasteiger charge is -2.18. The van der Waals surface area contributed by atoms with Gasteiger partial charge in [-0.25, -0.2) is 4.68 Å². The van der Waals surface area contributed by atoms with Crippen LogP contribution in [0.5, 0.6) is 5.75 Å². The van der Waals surface area contributed by atoms with Crippen molar-refractivity contribution in [3.05, 3.63) is 43.0 Å². The highest BCUT2D eigenvalue weighted by atomic mass is 19.3. The predicted octanol–water partition coefficient (Wildman–Crippen LogP) is 3.31. The Morgan fingerprint density at radius 1 is 1.33 bits per heavy atom. The van der Waals surface area contributed by atoms with Crippen LogP contribution in [0.1, 0.15) is 12.8 Å². The van der Waals surface area contributed by atoms with Gasteiger partial charge in [0, 0.05) is 35.5 Å². The van der Waals surface area contributed by atoms with Gasteiger partial charge < -0.3 is 9.64 Å². The van der Waals surface area contributed by atoms with Crippen LogP contribution in [0.4, 0.5) is 8.78 Å². The molecule has 0 aliphatic carbocycles. The molecule has 30 heavy (non-hydrogen) atoms. The van der Waals surface area contributed by atoms with Gasteiger partial charge >= 0.3 is 6.61 Å². The van der Waals surface area contributed by atoms with Gasteiger partial charge in [0.15, 0.2) is 0 Å². The Balaban J connectivity index is 1.63. The summed E-state index contributed by atoms with van der Waals surface area (Å²) in [5.41, 5.74) is 2.30. The van der Waals surface area contributed by atoms with E-state index in [0.717, 1.165) is 24.8 Å². The summed E-state index contributed by atoms with van der Waals surface area (Å²) in [4.78, 5) is 2.32. The van der Waals surface area contributed by atoms with E-state index in [0.29, 0.717) is 35.0 Å². The number of aromatic nitrogens is 6. The Bertz CT molecular complexity index is 1150. The van der Waals surface area contributed by atoms with Crippen LogP contribution in [0.15, 0.2) is 43.0 Å². The van der Waals surface area contributed by atoms with Gasteiger partial charge in [0.05, 0.1) is 24.5 Å². The molecule has 1 aliphatic rings. The van der Waals surface area contributed by atoms with E-state index in [1.54, 1.807) is 29.3 Å². The second-order valence-electron chi connectivity index (χ2n) is 7.50. The third kappa shape index (κ3) is 3.43. The van der Waals surface area contributed by atoms with Crippen LogP contribution in [-0.2, 0) is 6.54 Å². The smallest absolute Gasteiger partial charge is 0.387 e. The highest BCUT2D eigenvalue weighted by molar-refractivity contribution is 5.88. The second-order valence-corrected chi connectivity index (χ2v) is 7.50. The van der Waals surface area contributed by atoms with Gasteiger partial charge in [-0.2, -0.15) is 24.1 Å². The minimum absolute atomic E-state index is 0.0402. The van der Waals surface area contributed by atoms with Crippen molar-refractivity contribution in [2.75, 3.05) is 13.6 Å². The molecule has 1 fully saturated rings. The zero-order valence-electron chi connectivity index (χ0n) is 16.4. The molecular weight excluding hydrogens is 392 g/mol. The van der Waals surface area contributed by atoms with Crippen molar-refractivity contribution in [3.8, 4) is 22.7 Å². The number of nitrogens with one attached hydrogen (secondary N) is 1. The number of rotatable bonds is 6. The number of benzene rings is 1. The van der Waals surface area contributed by atoms with Crippen LogP contribution in [0.2, 0.25) is 0 Å². The number of ether oxygens (including phenoxy) is 1. The van der Waals surface area contributed by atoms with Crippen LogP contribution in [0.25, 0.3) is 27.8 Å². The predicted molar refractivity (Wildman–Crippen MR) is 107 cm³/mol. The summed E-state index contributed by atoms with van der Waals surface area (Å²) in [7, 11) is 2.11. The van der Waals surface area contributed by atoms with Gasteiger partial charge in [-0.3, -0.25) is 9.78 Å². The summed E-state index contributed by atoms with van der Waals surface area (Å²) >= 11 is 0. The maximum absolute atomic E-state index is 13.1. The molecular formula is C20H21F2N7O. The van der Waals surface area contributed by atoms with Crippen molar-refractivity contribution >= 4 is 10.9 Å². The van der Waals surface area contributed by atoms with Gasteiger partial charge in [0.25, 0.3) is 0 Å². The zero-order chi connectivity index (χ0) is 20.7. The number of nitrogens with zero attached hydrogens (tertiary/aromatic N) is 6. The van der Waals surface area contributed by atoms with Crippen molar-refractivity contribution in [1.29, 1.82) is 0 Å². The molecule has 1 N–H and O–H groups in total. The van der Waals surface area contributed by atoms with E-state index in [1.807, 2.05) is 16.9 Å². The highest BCUT2D eigenvalue weighted by Crippen LogP contribution is 2.37. The number of likely N-dealkylation sites (tertiary alicyclic amines) is 1. The first-order valence-electron chi connectivity index (χ1n) is 9.78. The average molecular weight is 413 g/mol. The molecule has 0 saturated carbocycles. The molecule has 1 atom stereocenters. The number of aromatic amines is 1. The summed E-state index contributed by atoms with van der Waals surface area (Å²) < 4.78 is 34.7. The Kier molecular flexibility index (Phi) is 4.70. The highest BCUT2D eigenvalue weighted by Gasteiger charge is 2.24. The SMILES string of the molecule is CN1CCC[C@@H]1Cn1cc(-n2cccn2)c(-c2cc3cn[nH]c3cc2OC(F)F)n1. The lowest BCUT2D eigenvalue weighted by atomic mass is 10.1. The van der Waals surface area contributed by atoms with Crippen molar-refractivity contribution in [3.63, 3.8) is 0 Å². The molecule has 3 aromatic heterocycles. The molecule has 156 valence electrons. The summed E-state index contributed by atoms with van der Waals surface area (Å²) in [5, 5.41) is 16.7. The summed E-state index contributed by atoms with van der Waals surface area (Å²) in [6, 6.07) is 5.48. The van der Waals surface area contributed by atoms with Crippen LogP contribution in [0, 0.1) is 0 Å². The average Bonchev–Trinajstić information content (AvgIpc) is 3.48. The number of hydrogen-bond acceptors (Lipinski definition) is 5. The molecule has 1 saturated heterocycles. The summed E-state index contributed by atoms with van der Waals surface area (Å²) in [5.74, 6) is 0.0402. The van der Waals surface area contributed by atoms with E-state index in [-0.39, 0.29) is 5.75 Å². The number of H-pyrrole nitrogens is 1. The normalized spacial score (nSPS) is 17.4. The van der Waals surface area contributed by atoms with E-state index in [1.165, 1.54) is 6.07 Å². The quantitative estimate of drug-likeness (QED) is 0.525. The Morgan fingerprint density at radius 2 is 2.23 bits per heavy atom. The lowest BCUT2D eigenvalue weighted by molar-refractivity contribution is -0.0493. The van der Waals surface area contributed by atoms with E-state index in [4.69, 9.17) is 9.84 Å². The van der Waals surface area contributed by atoms with Crippen LogP contribution >= 0.6 is 0 Å². The number of hydrogen-bond donors (Lipinski definition) is 1. The van der Waals surface area contributed by atoms with Gasteiger partial charge in [-0.1, -0.05) is 0 Å². The fourth-order valence-corrected chi connectivity index (χ4v) is 4.05. The first-order chi connectivity index (χ1) is 14.6. The van der Waals surface area contributed by atoms with E-state index in [2.05, 4.69) is 27.2 Å². The molecule has 0 radical (unpaired) electrons. The lowest BCUT2D eigenvalue weighted by Crippen LogP contribution is -2.29. The molecule has 0 amide bonds. The van der Waals surface area contributed by atoms with E-state index < -0.39 is 6.61 Å². The second kappa shape index (κ2) is 7.52. The van der Waals surface area contributed by atoms with Gasteiger partial charge in [0.2, 0.25) is 0 Å². The van der Waals surface area contributed by atoms with Gasteiger partial charge in [-0.05, 0) is 38.6 Å². The van der Waals surface area contributed by atoms with Gasteiger partial charge in [-0.15, -0.1) is 0 Å². The number of fused-ring (bicyclic) bond motifs is 1. The first kappa shape index (κ1) is 18.7. The first-order valence-corrected chi connectivity index (χ1v) is 9.78. The third-order valence-electron chi connectivity index (χ3n) is 5.57. The molecule has 0 spiro atoms.